The molecule has 98 valence electrons. The van der Waals surface area contributed by atoms with Crippen molar-refractivity contribution in [2.24, 2.45) is 0 Å². The molecule has 0 saturated carbocycles. The van der Waals surface area contributed by atoms with Gasteiger partial charge in [-0.05, 0) is 31.0 Å². The van der Waals surface area contributed by atoms with Crippen LogP contribution in [0.1, 0.15) is 11.1 Å². The number of nitrogens with one attached hydrogen (secondary N) is 1. The molecule has 0 aliphatic heterocycles. The number of nitrogens with zero attached hydrogens (tertiary/aromatic N) is 1. The molecule has 0 spiro atoms. The maximum Gasteiger partial charge on any atom is 0.269 e. The number of benzene rings is 2. The molecule has 0 amide bonds. The molecule has 2 aromatic rings. The fourth-order valence-electron chi connectivity index (χ4n) is 1.81. The van der Waals surface area contributed by atoms with E-state index in [1.807, 2.05) is 12.1 Å². The molecule has 0 aliphatic rings. The van der Waals surface area contributed by atoms with Crippen LogP contribution < -0.4 is 5.32 Å². The lowest BCUT2D eigenvalue weighted by molar-refractivity contribution is -0.384. The summed E-state index contributed by atoms with van der Waals surface area (Å²) in [7, 11) is 0. The molecule has 0 unspecified atom stereocenters. The first-order valence-corrected chi connectivity index (χ1v) is 6.19. The average molecular weight is 256 g/mol. The van der Waals surface area contributed by atoms with E-state index in [2.05, 4.69) is 24.4 Å². The lowest BCUT2D eigenvalue weighted by atomic mass is 10.1. The van der Waals surface area contributed by atoms with Gasteiger partial charge in [0, 0.05) is 24.4 Å². The molecule has 0 radical (unpaired) electrons. The van der Waals surface area contributed by atoms with Crippen LogP contribution in [0, 0.1) is 17.0 Å². The van der Waals surface area contributed by atoms with E-state index in [0.29, 0.717) is 0 Å². The van der Waals surface area contributed by atoms with Crippen molar-refractivity contribution in [3.8, 4) is 0 Å². The summed E-state index contributed by atoms with van der Waals surface area (Å²) in [4.78, 5) is 10.2. The van der Waals surface area contributed by atoms with Crippen LogP contribution in [-0.4, -0.2) is 11.5 Å². The number of hydrogen-bond acceptors (Lipinski definition) is 3. The molecule has 0 bridgehead atoms. The Labute approximate surface area is 112 Å². The van der Waals surface area contributed by atoms with E-state index < -0.39 is 0 Å². The molecule has 4 nitrogen and oxygen atoms in total. The summed E-state index contributed by atoms with van der Waals surface area (Å²) >= 11 is 0. The maximum absolute atomic E-state index is 10.5. The topological polar surface area (TPSA) is 55.2 Å². The Kier molecular flexibility index (Phi) is 4.13. The van der Waals surface area contributed by atoms with Crippen LogP contribution in [0.4, 0.5) is 11.4 Å². The zero-order chi connectivity index (χ0) is 13.7. The number of non-ortho nitro benzene ring substituents is 1. The molecular formula is C15H16N2O2. The first-order valence-electron chi connectivity index (χ1n) is 6.19. The summed E-state index contributed by atoms with van der Waals surface area (Å²) in [6.45, 7) is 2.86. The lowest BCUT2D eigenvalue weighted by Crippen LogP contribution is -2.04. The number of nitro groups is 1. The van der Waals surface area contributed by atoms with Gasteiger partial charge in [0.1, 0.15) is 0 Å². The van der Waals surface area contributed by atoms with E-state index in [-0.39, 0.29) is 10.6 Å². The molecule has 0 atom stereocenters. The van der Waals surface area contributed by atoms with Crippen LogP contribution in [0.2, 0.25) is 0 Å². The van der Waals surface area contributed by atoms with Crippen molar-refractivity contribution in [1.29, 1.82) is 0 Å². The number of hydrogen-bond donors (Lipinski definition) is 1. The van der Waals surface area contributed by atoms with Crippen molar-refractivity contribution >= 4 is 11.4 Å². The molecule has 0 saturated heterocycles. The van der Waals surface area contributed by atoms with Crippen LogP contribution in [0.3, 0.4) is 0 Å². The van der Waals surface area contributed by atoms with Gasteiger partial charge in [0.15, 0.2) is 0 Å². The average Bonchev–Trinajstić information content (AvgIpc) is 2.41. The second-order valence-electron chi connectivity index (χ2n) is 4.47. The standard InChI is InChI=1S/C15H16N2O2/c1-12-2-6-14(7-3-12)16-11-10-13-4-8-15(9-5-13)17(18)19/h2-9,16H,10-11H2,1H3. The lowest BCUT2D eigenvalue weighted by Gasteiger charge is -2.06. The highest BCUT2D eigenvalue weighted by atomic mass is 16.6. The maximum atomic E-state index is 10.5. The van der Waals surface area contributed by atoms with Gasteiger partial charge in [-0.25, -0.2) is 0 Å². The quantitative estimate of drug-likeness (QED) is 0.657. The Hall–Kier alpha value is -2.36. The minimum absolute atomic E-state index is 0.134. The predicted octanol–water partition coefficient (Wildman–Crippen LogP) is 3.56. The number of aryl methyl sites for hydroxylation is 1. The fraction of sp³-hybridized carbons (Fsp3) is 0.200. The molecule has 0 aliphatic carbocycles. The number of anilines is 1. The molecule has 2 rings (SSSR count). The van der Waals surface area contributed by atoms with Crippen LogP contribution >= 0.6 is 0 Å². The highest BCUT2D eigenvalue weighted by Crippen LogP contribution is 2.13. The van der Waals surface area contributed by atoms with Crippen molar-refractivity contribution in [3.63, 3.8) is 0 Å². The zero-order valence-corrected chi connectivity index (χ0v) is 10.8. The monoisotopic (exact) mass is 256 g/mol. The molecule has 19 heavy (non-hydrogen) atoms. The first kappa shape index (κ1) is 13.1. The van der Waals surface area contributed by atoms with E-state index in [1.54, 1.807) is 24.3 Å². The van der Waals surface area contributed by atoms with Crippen LogP contribution in [-0.2, 0) is 6.42 Å². The first-order chi connectivity index (χ1) is 9.15. The number of rotatable bonds is 5. The fourth-order valence-corrected chi connectivity index (χ4v) is 1.81. The summed E-state index contributed by atoms with van der Waals surface area (Å²) in [5.74, 6) is 0. The van der Waals surface area contributed by atoms with Gasteiger partial charge in [0.25, 0.3) is 5.69 Å². The minimum Gasteiger partial charge on any atom is -0.385 e. The summed E-state index contributed by atoms with van der Waals surface area (Å²) in [5.41, 5.74) is 3.55. The number of nitro benzene ring substituents is 1. The van der Waals surface area contributed by atoms with Crippen molar-refractivity contribution in [3.05, 3.63) is 69.8 Å². The smallest absolute Gasteiger partial charge is 0.269 e. The third-order valence-corrected chi connectivity index (χ3v) is 2.94. The van der Waals surface area contributed by atoms with Gasteiger partial charge in [-0.3, -0.25) is 10.1 Å². The van der Waals surface area contributed by atoms with Crippen LogP contribution in [0.25, 0.3) is 0 Å². The summed E-state index contributed by atoms with van der Waals surface area (Å²) in [6.07, 6.45) is 0.839. The molecule has 1 N–H and O–H groups in total. The van der Waals surface area contributed by atoms with Crippen molar-refractivity contribution < 1.29 is 4.92 Å². The highest BCUT2D eigenvalue weighted by Gasteiger charge is 2.03. The Morgan fingerprint density at radius 3 is 2.26 bits per heavy atom. The second kappa shape index (κ2) is 6.00. The third kappa shape index (κ3) is 3.81. The van der Waals surface area contributed by atoms with Gasteiger partial charge in [0.05, 0.1) is 4.92 Å². The normalized spacial score (nSPS) is 10.2. The van der Waals surface area contributed by atoms with Crippen molar-refractivity contribution in [2.75, 3.05) is 11.9 Å². The Morgan fingerprint density at radius 2 is 1.68 bits per heavy atom. The van der Waals surface area contributed by atoms with Gasteiger partial charge < -0.3 is 5.32 Å². The van der Waals surface area contributed by atoms with Crippen LogP contribution in [0.5, 0.6) is 0 Å². The minimum atomic E-state index is -0.381. The second-order valence-corrected chi connectivity index (χ2v) is 4.47. The van der Waals surface area contributed by atoms with E-state index in [0.717, 1.165) is 24.2 Å². The molecule has 2 aromatic carbocycles. The van der Waals surface area contributed by atoms with E-state index in [1.165, 1.54) is 5.56 Å². The Morgan fingerprint density at radius 1 is 1.05 bits per heavy atom. The molecule has 4 heteroatoms. The van der Waals surface area contributed by atoms with E-state index in [4.69, 9.17) is 0 Å². The Balaban J connectivity index is 1.85. The van der Waals surface area contributed by atoms with Gasteiger partial charge in [0.2, 0.25) is 0 Å². The van der Waals surface area contributed by atoms with Crippen LogP contribution in [0.15, 0.2) is 48.5 Å². The van der Waals surface area contributed by atoms with Gasteiger partial charge in [-0.1, -0.05) is 29.8 Å². The third-order valence-electron chi connectivity index (χ3n) is 2.94. The van der Waals surface area contributed by atoms with E-state index >= 15 is 0 Å². The molecule has 0 heterocycles. The molecule has 0 aromatic heterocycles. The van der Waals surface area contributed by atoms with E-state index in [9.17, 15) is 10.1 Å². The van der Waals surface area contributed by atoms with Gasteiger partial charge in [-0.2, -0.15) is 0 Å². The largest absolute Gasteiger partial charge is 0.385 e. The molecule has 0 fully saturated rings. The predicted molar refractivity (Wildman–Crippen MR) is 76.5 cm³/mol. The summed E-state index contributed by atoms with van der Waals surface area (Å²) < 4.78 is 0. The van der Waals surface area contributed by atoms with Crippen molar-refractivity contribution in [2.45, 2.75) is 13.3 Å². The highest BCUT2D eigenvalue weighted by molar-refractivity contribution is 5.44. The molecular weight excluding hydrogens is 240 g/mol. The Bertz CT molecular complexity index is 547. The zero-order valence-electron chi connectivity index (χ0n) is 10.8. The van der Waals surface area contributed by atoms with Gasteiger partial charge >= 0.3 is 0 Å². The SMILES string of the molecule is Cc1ccc(NCCc2ccc([N+](=O)[O-])cc2)cc1. The summed E-state index contributed by atoms with van der Waals surface area (Å²) in [5, 5.41) is 13.9. The summed E-state index contributed by atoms with van der Waals surface area (Å²) in [6, 6.07) is 14.9. The van der Waals surface area contributed by atoms with Crippen molar-refractivity contribution in [1.82, 2.24) is 0 Å². The van der Waals surface area contributed by atoms with Gasteiger partial charge in [-0.15, -0.1) is 0 Å².